The molecule has 5 heteroatoms. The molecular formula is C10H12ClN3S. The fourth-order valence-corrected chi connectivity index (χ4v) is 2.33. The summed E-state index contributed by atoms with van der Waals surface area (Å²) in [4.78, 5) is 5.25. The van der Waals surface area contributed by atoms with Crippen molar-refractivity contribution in [2.75, 3.05) is 6.54 Å². The van der Waals surface area contributed by atoms with Crippen LogP contribution in [0.3, 0.4) is 0 Å². The molecule has 2 aromatic heterocycles. The minimum Gasteiger partial charge on any atom is -0.336 e. The fourth-order valence-electron chi connectivity index (χ4n) is 1.29. The van der Waals surface area contributed by atoms with Crippen molar-refractivity contribution in [3.8, 4) is 0 Å². The molecule has 0 saturated carbocycles. The van der Waals surface area contributed by atoms with E-state index in [-0.39, 0.29) is 0 Å². The summed E-state index contributed by atoms with van der Waals surface area (Å²) in [7, 11) is 0. The molecular weight excluding hydrogens is 230 g/mol. The second-order valence-electron chi connectivity index (χ2n) is 3.21. The van der Waals surface area contributed by atoms with Crippen molar-refractivity contribution in [1.29, 1.82) is 0 Å². The number of nitrogens with zero attached hydrogens (tertiary/aromatic N) is 2. The summed E-state index contributed by atoms with van der Waals surface area (Å²) in [5.74, 6) is 0. The summed E-state index contributed by atoms with van der Waals surface area (Å²) in [5.41, 5.74) is 0. The Kier molecular flexibility index (Phi) is 3.77. The molecule has 2 heterocycles. The first-order chi connectivity index (χ1) is 7.34. The number of nitrogens with one attached hydrogen (secondary N) is 1. The van der Waals surface area contributed by atoms with E-state index in [1.807, 2.05) is 24.0 Å². The van der Waals surface area contributed by atoms with Crippen LogP contribution in [0.4, 0.5) is 0 Å². The lowest BCUT2D eigenvalue weighted by molar-refractivity contribution is 0.600. The highest BCUT2D eigenvalue weighted by atomic mass is 35.5. The topological polar surface area (TPSA) is 29.9 Å². The monoisotopic (exact) mass is 241 g/mol. The summed E-state index contributed by atoms with van der Waals surface area (Å²) in [6, 6.07) is 2.00. The lowest BCUT2D eigenvalue weighted by Crippen LogP contribution is -2.18. The van der Waals surface area contributed by atoms with Crippen LogP contribution in [0.25, 0.3) is 0 Å². The van der Waals surface area contributed by atoms with Crippen LogP contribution in [0.15, 0.2) is 30.2 Å². The number of hydrogen-bond acceptors (Lipinski definition) is 3. The van der Waals surface area contributed by atoms with Crippen molar-refractivity contribution >= 4 is 22.9 Å². The van der Waals surface area contributed by atoms with E-state index in [0.29, 0.717) is 0 Å². The number of halogens is 1. The molecule has 0 amide bonds. The summed E-state index contributed by atoms with van der Waals surface area (Å²) >= 11 is 7.51. The molecule has 0 aliphatic heterocycles. The molecule has 15 heavy (non-hydrogen) atoms. The predicted molar refractivity (Wildman–Crippen MR) is 63.3 cm³/mol. The van der Waals surface area contributed by atoms with Gasteiger partial charge in [-0.1, -0.05) is 11.6 Å². The van der Waals surface area contributed by atoms with Gasteiger partial charge in [0.15, 0.2) is 0 Å². The smallest absolute Gasteiger partial charge is 0.0946 e. The van der Waals surface area contributed by atoms with Crippen molar-refractivity contribution < 1.29 is 0 Å². The number of thiophene rings is 1. The minimum atomic E-state index is 0.825. The highest BCUT2D eigenvalue weighted by molar-refractivity contribution is 7.10. The molecule has 0 aliphatic rings. The van der Waals surface area contributed by atoms with E-state index in [2.05, 4.69) is 14.9 Å². The summed E-state index contributed by atoms with van der Waals surface area (Å²) in [6.45, 7) is 2.76. The van der Waals surface area contributed by atoms with Crippen LogP contribution >= 0.6 is 22.9 Å². The molecule has 80 valence electrons. The fraction of sp³-hybridized carbons (Fsp3) is 0.300. The zero-order valence-corrected chi connectivity index (χ0v) is 9.76. The molecule has 2 rings (SSSR count). The van der Waals surface area contributed by atoms with E-state index in [1.165, 1.54) is 4.88 Å². The van der Waals surface area contributed by atoms with Gasteiger partial charge in [0.25, 0.3) is 0 Å². The van der Waals surface area contributed by atoms with Crippen LogP contribution in [-0.4, -0.2) is 16.1 Å². The van der Waals surface area contributed by atoms with Gasteiger partial charge in [-0.25, -0.2) is 4.98 Å². The van der Waals surface area contributed by atoms with E-state index in [9.17, 15) is 0 Å². The van der Waals surface area contributed by atoms with E-state index in [4.69, 9.17) is 11.6 Å². The van der Waals surface area contributed by atoms with Gasteiger partial charge in [0.05, 0.1) is 11.3 Å². The summed E-state index contributed by atoms with van der Waals surface area (Å²) in [5, 5.41) is 6.13. The zero-order chi connectivity index (χ0) is 10.5. The molecule has 0 radical (unpaired) electrons. The van der Waals surface area contributed by atoms with Crippen molar-refractivity contribution in [3.05, 3.63) is 40.1 Å². The maximum atomic E-state index is 5.82. The second-order valence-corrected chi connectivity index (χ2v) is 4.64. The predicted octanol–water partition coefficient (Wildman–Crippen LogP) is 2.39. The molecule has 1 N–H and O–H groups in total. The quantitative estimate of drug-likeness (QED) is 0.815. The molecule has 0 aliphatic carbocycles. The molecule has 0 bridgehead atoms. The first kappa shape index (κ1) is 10.7. The standard InChI is InChI=1S/C10H12ClN3S/c11-9-5-10(15-7-9)6-12-1-3-14-4-2-13-8-14/h2,4-5,7-8,12H,1,3,6H2. The largest absolute Gasteiger partial charge is 0.336 e. The Hall–Kier alpha value is -0.840. The van der Waals surface area contributed by atoms with Gasteiger partial charge in [0, 0.05) is 42.3 Å². The zero-order valence-electron chi connectivity index (χ0n) is 8.19. The van der Waals surface area contributed by atoms with Gasteiger partial charge in [-0.3, -0.25) is 0 Å². The second kappa shape index (κ2) is 5.30. The molecule has 2 aromatic rings. The molecule has 0 atom stereocenters. The van der Waals surface area contributed by atoms with Crippen LogP contribution < -0.4 is 5.32 Å². The van der Waals surface area contributed by atoms with Gasteiger partial charge in [0.2, 0.25) is 0 Å². The molecule has 3 nitrogen and oxygen atoms in total. The Bertz CT molecular complexity index is 396. The van der Waals surface area contributed by atoms with Gasteiger partial charge >= 0.3 is 0 Å². The van der Waals surface area contributed by atoms with E-state index < -0.39 is 0 Å². The Labute approximate surface area is 97.7 Å². The van der Waals surface area contributed by atoms with Crippen LogP contribution in [0.5, 0.6) is 0 Å². The van der Waals surface area contributed by atoms with Crippen LogP contribution in [0.1, 0.15) is 4.88 Å². The summed E-state index contributed by atoms with van der Waals surface area (Å²) < 4.78 is 2.05. The molecule has 0 aromatic carbocycles. The normalized spacial score (nSPS) is 10.7. The minimum absolute atomic E-state index is 0.825. The Morgan fingerprint density at radius 2 is 2.47 bits per heavy atom. The van der Waals surface area contributed by atoms with Crippen LogP contribution in [0, 0.1) is 0 Å². The third kappa shape index (κ3) is 3.34. The maximum Gasteiger partial charge on any atom is 0.0946 e. The third-order valence-corrected chi connectivity index (χ3v) is 3.31. The van der Waals surface area contributed by atoms with Gasteiger partial charge < -0.3 is 9.88 Å². The molecule has 0 spiro atoms. The Balaban J connectivity index is 1.67. The van der Waals surface area contributed by atoms with Crippen molar-refractivity contribution in [1.82, 2.24) is 14.9 Å². The first-order valence-corrected chi connectivity index (χ1v) is 6.00. The lowest BCUT2D eigenvalue weighted by atomic mass is 10.4. The Morgan fingerprint density at radius 1 is 1.53 bits per heavy atom. The maximum absolute atomic E-state index is 5.82. The SMILES string of the molecule is Clc1csc(CNCCn2ccnc2)c1. The van der Waals surface area contributed by atoms with Crippen LogP contribution in [0.2, 0.25) is 5.02 Å². The van der Waals surface area contributed by atoms with Crippen molar-refractivity contribution in [2.45, 2.75) is 13.1 Å². The molecule has 0 unspecified atom stereocenters. The number of aromatic nitrogens is 2. The van der Waals surface area contributed by atoms with Gasteiger partial charge in [-0.05, 0) is 6.07 Å². The average Bonchev–Trinajstić information content (AvgIpc) is 2.84. The van der Waals surface area contributed by atoms with Crippen molar-refractivity contribution in [2.24, 2.45) is 0 Å². The van der Waals surface area contributed by atoms with Gasteiger partial charge in [-0.15, -0.1) is 11.3 Å². The average molecular weight is 242 g/mol. The van der Waals surface area contributed by atoms with Gasteiger partial charge in [0.1, 0.15) is 0 Å². The third-order valence-electron chi connectivity index (χ3n) is 2.03. The molecule has 0 saturated heterocycles. The van der Waals surface area contributed by atoms with Crippen molar-refractivity contribution in [3.63, 3.8) is 0 Å². The van der Waals surface area contributed by atoms with Gasteiger partial charge in [-0.2, -0.15) is 0 Å². The van der Waals surface area contributed by atoms with E-state index in [0.717, 1.165) is 24.7 Å². The number of imidazole rings is 1. The number of hydrogen-bond donors (Lipinski definition) is 1. The van der Waals surface area contributed by atoms with E-state index in [1.54, 1.807) is 17.5 Å². The Morgan fingerprint density at radius 3 is 3.13 bits per heavy atom. The number of rotatable bonds is 5. The summed E-state index contributed by atoms with van der Waals surface area (Å²) in [6.07, 6.45) is 5.58. The van der Waals surface area contributed by atoms with Crippen LogP contribution in [-0.2, 0) is 13.1 Å². The van der Waals surface area contributed by atoms with E-state index >= 15 is 0 Å². The highest BCUT2D eigenvalue weighted by Gasteiger charge is 1.96. The lowest BCUT2D eigenvalue weighted by Gasteiger charge is -2.03. The first-order valence-electron chi connectivity index (χ1n) is 4.74. The molecule has 0 fully saturated rings. The highest BCUT2D eigenvalue weighted by Crippen LogP contribution is 2.18.